The minimum atomic E-state index is -4.90. The van der Waals surface area contributed by atoms with E-state index in [4.69, 9.17) is 4.74 Å². The van der Waals surface area contributed by atoms with Crippen molar-refractivity contribution in [1.29, 1.82) is 0 Å². The highest BCUT2D eigenvalue weighted by molar-refractivity contribution is 6.05. The SMILES string of the molecule is O=C(Nc1ccc(CNc2ccnc3c2C2OCCCN2C(=O)N3)cc1F)c1cc(F)ccc1C(F)(F)F. The summed E-state index contributed by atoms with van der Waals surface area (Å²) in [5.41, 5.74) is -0.978. The Kier molecular flexibility index (Phi) is 6.61. The average molecular weight is 533 g/mol. The fraction of sp³-hybridized carbons (Fsp3) is 0.240. The molecule has 2 aromatic carbocycles. The number of fused-ring (bicyclic) bond motifs is 3. The number of rotatable bonds is 5. The number of alkyl halides is 3. The molecule has 13 heteroatoms. The number of hydrogen-bond acceptors (Lipinski definition) is 5. The van der Waals surface area contributed by atoms with Crippen molar-refractivity contribution in [3.8, 4) is 0 Å². The first-order valence-electron chi connectivity index (χ1n) is 11.5. The van der Waals surface area contributed by atoms with Crippen LogP contribution in [0.2, 0.25) is 0 Å². The van der Waals surface area contributed by atoms with Gasteiger partial charge in [-0.3, -0.25) is 15.0 Å². The number of urea groups is 1. The van der Waals surface area contributed by atoms with Gasteiger partial charge in [0.25, 0.3) is 5.91 Å². The Morgan fingerprint density at radius 1 is 1.13 bits per heavy atom. The van der Waals surface area contributed by atoms with E-state index >= 15 is 0 Å². The summed E-state index contributed by atoms with van der Waals surface area (Å²) in [6.07, 6.45) is -3.33. The van der Waals surface area contributed by atoms with Gasteiger partial charge in [-0.15, -0.1) is 0 Å². The van der Waals surface area contributed by atoms with Crippen molar-refractivity contribution in [3.63, 3.8) is 0 Å². The molecule has 198 valence electrons. The second kappa shape index (κ2) is 9.89. The highest BCUT2D eigenvalue weighted by atomic mass is 19.4. The van der Waals surface area contributed by atoms with Crippen LogP contribution < -0.4 is 16.0 Å². The Labute approximate surface area is 212 Å². The van der Waals surface area contributed by atoms with Crippen LogP contribution in [0.25, 0.3) is 0 Å². The van der Waals surface area contributed by atoms with E-state index in [1.165, 1.54) is 18.3 Å². The van der Waals surface area contributed by atoms with Crippen LogP contribution in [0.5, 0.6) is 0 Å². The zero-order valence-electron chi connectivity index (χ0n) is 19.5. The number of aromatic nitrogens is 1. The third-order valence-corrected chi connectivity index (χ3v) is 6.12. The predicted octanol–water partition coefficient (Wildman–Crippen LogP) is 5.51. The van der Waals surface area contributed by atoms with E-state index < -0.39 is 41.1 Å². The zero-order valence-corrected chi connectivity index (χ0v) is 19.5. The van der Waals surface area contributed by atoms with E-state index in [1.807, 2.05) is 0 Å². The third-order valence-electron chi connectivity index (χ3n) is 6.12. The van der Waals surface area contributed by atoms with Gasteiger partial charge >= 0.3 is 12.2 Å². The van der Waals surface area contributed by atoms with Gasteiger partial charge in [0, 0.05) is 25.0 Å². The molecule has 38 heavy (non-hydrogen) atoms. The molecule has 1 aromatic heterocycles. The molecule has 0 saturated carbocycles. The molecule has 3 aromatic rings. The molecule has 2 aliphatic heterocycles. The Balaban J connectivity index is 1.32. The fourth-order valence-electron chi connectivity index (χ4n) is 4.34. The maximum atomic E-state index is 14.8. The van der Waals surface area contributed by atoms with Crippen molar-refractivity contribution >= 4 is 29.1 Å². The number of nitrogens with one attached hydrogen (secondary N) is 3. The standard InChI is InChI=1S/C25H20F5N5O3/c26-14-3-4-16(25(28,29)30)15(11-14)22(36)33-18-5-2-13(10-17(18)27)12-32-19-6-7-31-21-20(19)23-35(24(37)34-21)8-1-9-38-23/h2-7,10-11,23H,1,8-9,12H2,(H,33,36)(H2,31,32,34,37). The summed E-state index contributed by atoms with van der Waals surface area (Å²) < 4.78 is 73.8. The predicted molar refractivity (Wildman–Crippen MR) is 126 cm³/mol. The van der Waals surface area contributed by atoms with Gasteiger partial charge in [0.1, 0.15) is 17.5 Å². The van der Waals surface area contributed by atoms with Crippen molar-refractivity contribution in [2.45, 2.75) is 25.4 Å². The number of amides is 3. The molecule has 1 unspecified atom stereocenters. The first-order chi connectivity index (χ1) is 18.1. The van der Waals surface area contributed by atoms with Gasteiger partial charge in [-0.25, -0.2) is 18.6 Å². The summed E-state index contributed by atoms with van der Waals surface area (Å²) in [6.45, 7) is 1.12. The Morgan fingerprint density at radius 2 is 1.95 bits per heavy atom. The fourth-order valence-corrected chi connectivity index (χ4v) is 4.34. The molecular formula is C25H20F5N5O3. The second-order valence-electron chi connectivity index (χ2n) is 8.63. The number of anilines is 3. The number of carbonyl (C=O) groups is 2. The number of nitrogens with zero attached hydrogens (tertiary/aromatic N) is 2. The largest absolute Gasteiger partial charge is 0.417 e. The van der Waals surface area contributed by atoms with Crippen molar-refractivity contribution in [2.24, 2.45) is 0 Å². The molecule has 3 N–H and O–H groups in total. The van der Waals surface area contributed by atoms with Crippen LogP contribution >= 0.6 is 0 Å². The molecular weight excluding hydrogens is 513 g/mol. The lowest BCUT2D eigenvalue weighted by Gasteiger charge is -2.40. The first-order valence-corrected chi connectivity index (χ1v) is 11.5. The van der Waals surface area contributed by atoms with Crippen LogP contribution in [0.15, 0.2) is 48.7 Å². The lowest BCUT2D eigenvalue weighted by atomic mass is 10.1. The van der Waals surface area contributed by atoms with Gasteiger partial charge in [-0.1, -0.05) is 6.07 Å². The number of ether oxygens (including phenoxy) is 1. The summed E-state index contributed by atoms with van der Waals surface area (Å²) >= 11 is 0. The Morgan fingerprint density at radius 3 is 2.71 bits per heavy atom. The second-order valence-corrected chi connectivity index (χ2v) is 8.63. The van der Waals surface area contributed by atoms with Crippen molar-refractivity contribution in [3.05, 3.63) is 82.5 Å². The zero-order chi connectivity index (χ0) is 27.0. The maximum absolute atomic E-state index is 14.8. The normalized spacial score (nSPS) is 16.8. The summed E-state index contributed by atoms with van der Waals surface area (Å²) in [6, 6.07) is 6.65. The van der Waals surface area contributed by atoms with Crippen LogP contribution in [0.4, 0.5) is 43.9 Å². The average Bonchev–Trinajstić information content (AvgIpc) is 2.88. The summed E-state index contributed by atoms with van der Waals surface area (Å²) in [7, 11) is 0. The molecule has 0 spiro atoms. The first kappa shape index (κ1) is 25.4. The Bertz CT molecular complexity index is 1410. The lowest BCUT2D eigenvalue weighted by molar-refractivity contribution is -0.137. The van der Waals surface area contributed by atoms with Gasteiger partial charge < -0.3 is 15.4 Å². The van der Waals surface area contributed by atoms with E-state index in [2.05, 4.69) is 20.9 Å². The topological polar surface area (TPSA) is 95.6 Å². The summed E-state index contributed by atoms with van der Waals surface area (Å²) in [5, 5.41) is 7.96. The Hall–Kier alpha value is -4.26. The van der Waals surface area contributed by atoms with Crippen LogP contribution in [0.3, 0.4) is 0 Å². The van der Waals surface area contributed by atoms with Crippen LogP contribution in [0.1, 0.15) is 39.7 Å². The molecule has 0 aliphatic carbocycles. The molecule has 1 saturated heterocycles. The monoisotopic (exact) mass is 533 g/mol. The maximum Gasteiger partial charge on any atom is 0.417 e. The number of pyridine rings is 1. The van der Waals surface area contributed by atoms with Crippen molar-refractivity contribution in [1.82, 2.24) is 9.88 Å². The molecule has 5 rings (SSSR count). The molecule has 0 bridgehead atoms. The molecule has 1 fully saturated rings. The van der Waals surface area contributed by atoms with Crippen LogP contribution in [-0.2, 0) is 17.5 Å². The number of benzene rings is 2. The van der Waals surface area contributed by atoms with Gasteiger partial charge in [0.05, 0.1) is 29.0 Å². The molecule has 0 radical (unpaired) electrons. The molecule has 1 atom stereocenters. The highest BCUT2D eigenvalue weighted by Gasteiger charge is 2.38. The minimum absolute atomic E-state index is 0.129. The lowest BCUT2D eigenvalue weighted by Crippen LogP contribution is -2.47. The minimum Gasteiger partial charge on any atom is -0.380 e. The van der Waals surface area contributed by atoms with Crippen molar-refractivity contribution in [2.75, 3.05) is 29.1 Å². The number of halogens is 5. The molecule has 3 heterocycles. The quantitative estimate of drug-likeness (QED) is 0.376. The number of carbonyl (C=O) groups excluding carboxylic acids is 2. The van der Waals surface area contributed by atoms with Gasteiger partial charge in [-0.05, 0) is 48.4 Å². The van der Waals surface area contributed by atoms with Gasteiger partial charge in [0.15, 0.2) is 6.23 Å². The van der Waals surface area contributed by atoms with Crippen LogP contribution in [-0.4, -0.2) is 35.0 Å². The molecule has 3 amide bonds. The van der Waals surface area contributed by atoms with E-state index in [9.17, 15) is 31.5 Å². The van der Waals surface area contributed by atoms with E-state index in [-0.39, 0.29) is 18.3 Å². The molecule has 2 aliphatic rings. The van der Waals surface area contributed by atoms with E-state index in [0.29, 0.717) is 60.4 Å². The molecule has 8 nitrogen and oxygen atoms in total. The summed E-state index contributed by atoms with van der Waals surface area (Å²) in [4.78, 5) is 30.5. The van der Waals surface area contributed by atoms with E-state index in [1.54, 1.807) is 11.0 Å². The van der Waals surface area contributed by atoms with Crippen LogP contribution in [0, 0.1) is 11.6 Å². The van der Waals surface area contributed by atoms with Gasteiger partial charge in [-0.2, -0.15) is 13.2 Å². The smallest absolute Gasteiger partial charge is 0.380 e. The van der Waals surface area contributed by atoms with E-state index in [0.717, 1.165) is 6.07 Å². The van der Waals surface area contributed by atoms with Gasteiger partial charge in [0.2, 0.25) is 0 Å². The van der Waals surface area contributed by atoms with Crippen molar-refractivity contribution < 1.29 is 36.3 Å². The number of hydrogen-bond donors (Lipinski definition) is 3. The third kappa shape index (κ3) is 4.96. The summed E-state index contributed by atoms with van der Waals surface area (Å²) in [5.74, 6) is -2.88. The highest BCUT2D eigenvalue weighted by Crippen LogP contribution is 2.39.